The number of hydrogen-bond donors (Lipinski definition) is 0. The van der Waals surface area contributed by atoms with E-state index in [1.165, 1.54) is 0 Å². The van der Waals surface area contributed by atoms with Gasteiger partial charge in [-0.2, -0.15) is 4.31 Å². The summed E-state index contributed by atoms with van der Waals surface area (Å²) in [7, 11) is -3.50. The highest BCUT2D eigenvalue weighted by Gasteiger charge is 2.41. The lowest BCUT2D eigenvalue weighted by atomic mass is 9.85. The third-order valence-corrected chi connectivity index (χ3v) is 6.00. The maximum atomic E-state index is 12.8. The van der Waals surface area contributed by atoms with E-state index < -0.39 is 15.6 Å². The van der Waals surface area contributed by atoms with E-state index >= 15 is 0 Å². The van der Waals surface area contributed by atoms with Crippen LogP contribution in [0.1, 0.15) is 19.4 Å². The molecule has 3 nitrogen and oxygen atoms in total. The number of nitrogens with zero attached hydrogens (tertiary/aromatic N) is 1. The van der Waals surface area contributed by atoms with Gasteiger partial charge in [0.15, 0.2) is 0 Å². The van der Waals surface area contributed by atoms with E-state index in [0.717, 1.165) is 5.56 Å². The van der Waals surface area contributed by atoms with Crippen molar-refractivity contribution < 1.29 is 8.42 Å². The van der Waals surface area contributed by atoms with Gasteiger partial charge in [0.2, 0.25) is 10.0 Å². The minimum Gasteiger partial charge on any atom is -0.207 e. The second kappa shape index (κ2) is 5.19. The maximum Gasteiger partial charge on any atom is 0.243 e. The molecular formula is C16H21NO2S. The van der Waals surface area contributed by atoms with Crippen LogP contribution in [0.5, 0.6) is 0 Å². The lowest BCUT2D eigenvalue weighted by Gasteiger charge is -2.43. The molecule has 1 aliphatic rings. The zero-order chi connectivity index (χ0) is 15.0. The molecule has 4 heteroatoms. The molecule has 2 rings (SSSR count). The lowest BCUT2D eigenvalue weighted by Crippen LogP contribution is -2.53. The van der Waals surface area contributed by atoms with Gasteiger partial charge in [0.05, 0.1) is 4.90 Å². The van der Waals surface area contributed by atoms with Crippen molar-refractivity contribution >= 4 is 10.0 Å². The molecule has 0 radical (unpaired) electrons. The van der Waals surface area contributed by atoms with Crippen LogP contribution in [0.4, 0.5) is 0 Å². The van der Waals surface area contributed by atoms with Crippen molar-refractivity contribution in [3.63, 3.8) is 0 Å². The van der Waals surface area contributed by atoms with Crippen LogP contribution in [0.15, 0.2) is 54.0 Å². The Labute approximate surface area is 121 Å². The van der Waals surface area contributed by atoms with Gasteiger partial charge in [-0.25, -0.2) is 8.42 Å². The van der Waals surface area contributed by atoms with E-state index in [0.29, 0.717) is 11.4 Å². The molecule has 1 heterocycles. The minimum absolute atomic E-state index is 0.0106. The van der Waals surface area contributed by atoms with Crippen molar-refractivity contribution in [2.24, 2.45) is 5.92 Å². The maximum absolute atomic E-state index is 12.8. The van der Waals surface area contributed by atoms with Gasteiger partial charge in [-0.05, 0) is 32.9 Å². The molecule has 0 spiro atoms. The SMILES string of the molecule is C=CC1C=CCN(S(=O)(=O)c2ccc(C)cc2)C1(C)C. The molecule has 1 aliphatic heterocycles. The summed E-state index contributed by atoms with van der Waals surface area (Å²) < 4.78 is 27.2. The van der Waals surface area contributed by atoms with E-state index in [4.69, 9.17) is 0 Å². The Bertz CT molecular complexity index is 627. The molecule has 0 aliphatic carbocycles. The molecule has 1 aromatic carbocycles. The molecule has 0 aromatic heterocycles. The summed E-state index contributed by atoms with van der Waals surface area (Å²) in [5, 5.41) is 0. The predicted molar refractivity (Wildman–Crippen MR) is 82.0 cm³/mol. The lowest BCUT2D eigenvalue weighted by molar-refractivity contribution is 0.198. The molecule has 0 fully saturated rings. The Morgan fingerprint density at radius 2 is 1.90 bits per heavy atom. The smallest absolute Gasteiger partial charge is 0.207 e. The van der Waals surface area contributed by atoms with Gasteiger partial charge in [0.25, 0.3) is 0 Å². The fourth-order valence-electron chi connectivity index (χ4n) is 2.55. The van der Waals surface area contributed by atoms with Crippen LogP contribution in [0.2, 0.25) is 0 Å². The quantitative estimate of drug-likeness (QED) is 0.802. The van der Waals surface area contributed by atoms with E-state index in [-0.39, 0.29) is 5.92 Å². The minimum atomic E-state index is -3.50. The molecule has 1 atom stereocenters. The zero-order valence-electron chi connectivity index (χ0n) is 12.2. The summed E-state index contributed by atoms with van der Waals surface area (Å²) in [4.78, 5) is 0.342. The Hall–Kier alpha value is -1.39. The molecule has 0 bridgehead atoms. The van der Waals surface area contributed by atoms with Crippen molar-refractivity contribution in [3.05, 3.63) is 54.6 Å². The summed E-state index contributed by atoms with van der Waals surface area (Å²) in [5.74, 6) is 0.0106. The highest BCUT2D eigenvalue weighted by Crippen LogP contribution is 2.34. The van der Waals surface area contributed by atoms with Crippen LogP contribution in [0.25, 0.3) is 0 Å². The first-order valence-electron chi connectivity index (χ1n) is 6.69. The Balaban J connectivity index is 2.46. The number of hydrogen-bond acceptors (Lipinski definition) is 2. The molecular weight excluding hydrogens is 270 g/mol. The van der Waals surface area contributed by atoms with Crippen molar-refractivity contribution in [1.29, 1.82) is 0 Å². The predicted octanol–water partition coefficient (Wildman–Crippen LogP) is 3.14. The zero-order valence-corrected chi connectivity index (χ0v) is 13.0. The van der Waals surface area contributed by atoms with Crippen molar-refractivity contribution in [1.82, 2.24) is 4.31 Å². The number of rotatable bonds is 3. The van der Waals surface area contributed by atoms with Crippen molar-refractivity contribution in [2.75, 3.05) is 6.54 Å². The van der Waals surface area contributed by atoms with Gasteiger partial charge in [0.1, 0.15) is 0 Å². The fraction of sp³-hybridized carbons (Fsp3) is 0.375. The molecule has 20 heavy (non-hydrogen) atoms. The molecule has 1 unspecified atom stereocenters. The molecule has 1 aromatic rings. The third-order valence-electron chi connectivity index (χ3n) is 3.94. The largest absolute Gasteiger partial charge is 0.243 e. The molecule has 108 valence electrons. The number of aryl methyl sites for hydroxylation is 1. The van der Waals surface area contributed by atoms with Gasteiger partial charge in [-0.3, -0.25) is 0 Å². The van der Waals surface area contributed by atoms with Gasteiger partial charge in [-0.1, -0.05) is 35.9 Å². The average molecular weight is 291 g/mol. The summed E-state index contributed by atoms with van der Waals surface area (Å²) in [6.45, 7) is 10.0. The van der Waals surface area contributed by atoms with Crippen LogP contribution in [-0.2, 0) is 10.0 Å². The second-order valence-electron chi connectivity index (χ2n) is 5.69. The van der Waals surface area contributed by atoms with E-state index in [9.17, 15) is 8.42 Å². The molecule has 0 N–H and O–H groups in total. The van der Waals surface area contributed by atoms with E-state index in [2.05, 4.69) is 6.58 Å². The monoisotopic (exact) mass is 291 g/mol. The molecule has 0 saturated heterocycles. The van der Waals surface area contributed by atoms with Crippen LogP contribution in [-0.4, -0.2) is 24.8 Å². The number of sulfonamides is 1. The highest BCUT2D eigenvalue weighted by molar-refractivity contribution is 7.89. The second-order valence-corrected chi connectivity index (χ2v) is 7.55. The standard InChI is InChI=1S/C16H21NO2S/c1-5-14-7-6-12-17(16(14,3)4)20(18,19)15-10-8-13(2)9-11-15/h5-11,14H,1,12H2,2-4H3. The van der Waals surface area contributed by atoms with Crippen LogP contribution in [0, 0.1) is 12.8 Å². The van der Waals surface area contributed by atoms with Gasteiger partial charge in [-0.15, -0.1) is 6.58 Å². The van der Waals surface area contributed by atoms with E-state index in [1.807, 2.05) is 45.1 Å². The normalized spacial score (nSPS) is 22.6. The summed E-state index contributed by atoms with van der Waals surface area (Å²) in [5.41, 5.74) is 0.533. The Morgan fingerprint density at radius 1 is 1.30 bits per heavy atom. The fourth-order valence-corrected chi connectivity index (χ4v) is 4.31. The summed E-state index contributed by atoms with van der Waals surface area (Å²) in [6.07, 6.45) is 5.71. The molecule has 0 amide bonds. The Morgan fingerprint density at radius 3 is 2.45 bits per heavy atom. The topological polar surface area (TPSA) is 37.4 Å². The van der Waals surface area contributed by atoms with Crippen molar-refractivity contribution in [2.45, 2.75) is 31.2 Å². The average Bonchev–Trinajstić information content (AvgIpc) is 2.38. The molecule has 0 saturated carbocycles. The van der Waals surface area contributed by atoms with Crippen LogP contribution < -0.4 is 0 Å². The van der Waals surface area contributed by atoms with Crippen LogP contribution >= 0.6 is 0 Å². The third kappa shape index (κ3) is 2.45. The summed E-state index contributed by atoms with van der Waals surface area (Å²) >= 11 is 0. The van der Waals surface area contributed by atoms with E-state index in [1.54, 1.807) is 22.5 Å². The first kappa shape index (κ1) is 15.0. The van der Waals surface area contributed by atoms with Gasteiger partial charge < -0.3 is 0 Å². The Kier molecular flexibility index (Phi) is 3.89. The van der Waals surface area contributed by atoms with Gasteiger partial charge >= 0.3 is 0 Å². The van der Waals surface area contributed by atoms with Gasteiger partial charge in [0, 0.05) is 18.0 Å². The van der Waals surface area contributed by atoms with Crippen LogP contribution in [0.3, 0.4) is 0 Å². The number of benzene rings is 1. The first-order valence-corrected chi connectivity index (χ1v) is 8.13. The first-order chi connectivity index (χ1) is 9.30. The highest BCUT2D eigenvalue weighted by atomic mass is 32.2. The van der Waals surface area contributed by atoms with Crippen molar-refractivity contribution in [3.8, 4) is 0 Å². The summed E-state index contributed by atoms with van der Waals surface area (Å²) in [6, 6.07) is 6.99.